The maximum Gasteiger partial charge on any atom is 0.316 e. The Morgan fingerprint density at radius 2 is 1.35 bits per heavy atom. The molecule has 3 amide bonds. The molecule has 0 bridgehead atoms. The maximum atomic E-state index is 13.0. The topological polar surface area (TPSA) is 84.0 Å². The highest BCUT2D eigenvalue weighted by molar-refractivity contribution is 6.56. The number of rotatable bonds is 4. The standard InChI is InChI=1S/C25H13Cl5N2O5/c26-14-3-1-2-4-15(14)31-10-11(9-16(31)33)25(36)37-13-7-5-12(6-8-13)32-23(34)17-18(24(32)35)20(28)22(30)21(29)19(17)27/h1-8,11H,9-10H2/t11-/m0/s1. The lowest BCUT2D eigenvalue weighted by molar-refractivity contribution is -0.139. The van der Waals surface area contributed by atoms with Crippen LogP contribution in [0.3, 0.4) is 0 Å². The van der Waals surface area contributed by atoms with Crippen LogP contribution in [0.25, 0.3) is 0 Å². The van der Waals surface area contributed by atoms with E-state index in [1.54, 1.807) is 24.3 Å². The van der Waals surface area contributed by atoms with Crippen LogP contribution >= 0.6 is 58.0 Å². The first-order valence-electron chi connectivity index (χ1n) is 10.7. The molecule has 5 rings (SSSR count). The molecule has 0 aromatic heterocycles. The number of fused-ring (bicyclic) bond motifs is 1. The van der Waals surface area contributed by atoms with Crippen LogP contribution in [0.5, 0.6) is 5.75 Å². The Balaban J connectivity index is 1.32. The molecule has 188 valence electrons. The number of carbonyl (C=O) groups excluding carboxylic acids is 4. The molecule has 0 N–H and O–H groups in total. The molecule has 0 spiro atoms. The molecule has 1 fully saturated rings. The summed E-state index contributed by atoms with van der Waals surface area (Å²) in [5.41, 5.74) is 0.426. The van der Waals surface area contributed by atoms with Crippen molar-refractivity contribution in [2.45, 2.75) is 6.42 Å². The van der Waals surface area contributed by atoms with Crippen LogP contribution in [0.15, 0.2) is 48.5 Å². The number of imide groups is 1. The van der Waals surface area contributed by atoms with Crippen molar-refractivity contribution in [1.29, 1.82) is 0 Å². The van der Waals surface area contributed by atoms with Gasteiger partial charge in [0, 0.05) is 13.0 Å². The highest BCUT2D eigenvalue weighted by Gasteiger charge is 2.42. The second-order valence-electron chi connectivity index (χ2n) is 8.22. The molecule has 0 saturated carbocycles. The van der Waals surface area contributed by atoms with Crippen molar-refractivity contribution < 1.29 is 23.9 Å². The second-order valence-corrected chi connectivity index (χ2v) is 10.1. The zero-order chi connectivity index (χ0) is 26.6. The molecule has 1 atom stereocenters. The number of hydrogen-bond acceptors (Lipinski definition) is 5. The van der Waals surface area contributed by atoms with Gasteiger partial charge >= 0.3 is 5.97 Å². The van der Waals surface area contributed by atoms with Crippen LogP contribution in [-0.4, -0.2) is 30.2 Å². The van der Waals surface area contributed by atoms with Gasteiger partial charge in [0.25, 0.3) is 11.8 Å². The lowest BCUT2D eigenvalue weighted by Crippen LogP contribution is -2.29. The molecular weight excluding hydrogens is 586 g/mol. The fourth-order valence-electron chi connectivity index (χ4n) is 4.22. The minimum absolute atomic E-state index is 0.0240. The molecule has 0 aliphatic carbocycles. The summed E-state index contributed by atoms with van der Waals surface area (Å²) in [6, 6.07) is 12.5. The van der Waals surface area contributed by atoms with Crippen LogP contribution in [0, 0.1) is 5.92 Å². The van der Waals surface area contributed by atoms with Crippen molar-refractivity contribution in [3.05, 3.63) is 84.8 Å². The summed E-state index contributed by atoms with van der Waals surface area (Å²) >= 11 is 30.6. The summed E-state index contributed by atoms with van der Waals surface area (Å²) < 4.78 is 5.45. The lowest BCUT2D eigenvalue weighted by Gasteiger charge is -2.18. The number of amides is 3. The van der Waals surface area contributed by atoms with E-state index in [0.717, 1.165) is 4.90 Å². The highest BCUT2D eigenvalue weighted by Crippen LogP contribution is 2.45. The van der Waals surface area contributed by atoms with Crippen molar-refractivity contribution in [2.75, 3.05) is 16.3 Å². The summed E-state index contributed by atoms with van der Waals surface area (Å²) in [5, 5.41) is -0.198. The third kappa shape index (κ3) is 4.35. The average Bonchev–Trinajstić information content (AvgIpc) is 3.39. The Kier molecular flexibility index (Phi) is 6.85. The molecular formula is C25H13Cl5N2O5. The minimum Gasteiger partial charge on any atom is -0.426 e. The van der Waals surface area contributed by atoms with E-state index in [1.807, 2.05) is 0 Å². The summed E-state index contributed by atoms with van der Waals surface area (Å²) in [6.45, 7) is 0.126. The van der Waals surface area contributed by atoms with Gasteiger partial charge in [-0.2, -0.15) is 0 Å². The van der Waals surface area contributed by atoms with Crippen molar-refractivity contribution in [1.82, 2.24) is 0 Å². The van der Waals surface area contributed by atoms with E-state index in [-0.39, 0.29) is 61.5 Å². The number of esters is 1. The van der Waals surface area contributed by atoms with Crippen molar-refractivity contribution in [3.8, 4) is 5.75 Å². The summed E-state index contributed by atoms with van der Waals surface area (Å²) in [5.74, 6) is -2.82. The van der Waals surface area contributed by atoms with Crippen molar-refractivity contribution in [3.63, 3.8) is 0 Å². The number of hydrogen-bond donors (Lipinski definition) is 0. The Labute approximate surface area is 235 Å². The minimum atomic E-state index is -0.723. The van der Waals surface area contributed by atoms with E-state index >= 15 is 0 Å². The maximum absolute atomic E-state index is 13.0. The molecule has 1 saturated heterocycles. The molecule has 2 aliphatic heterocycles. The molecule has 2 heterocycles. The van der Waals surface area contributed by atoms with Crippen LogP contribution in [0.1, 0.15) is 27.1 Å². The van der Waals surface area contributed by atoms with E-state index in [2.05, 4.69) is 0 Å². The fourth-order valence-corrected chi connectivity index (χ4v) is 5.47. The summed E-state index contributed by atoms with van der Waals surface area (Å²) in [4.78, 5) is 53.6. The molecule has 12 heteroatoms. The van der Waals surface area contributed by atoms with Crippen molar-refractivity contribution >= 4 is 93.1 Å². The first-order valence-corrected chi connectivity index (χ1v) is 12.6. The second kappa shape index (κ2) is 9.82. The number of ether oxygens (including phenoxy) is 1. The predicted octanol–water partition coefficient (Wildman–Crippen LogP) is 6.71. The van der Waals surface area contributed by atoms with Gasteiger partial charge in [0.2, 0.25) is 5.91 Å². The third-order valence-electron chi connectivity index (χ3n) is 6.02. The third-order valence-corrected chi connectivity index (χ3v) is 8.14. The monoisotopic (exact) mass is 596 g/mol. The zero-order valence-electron chi connectivity index (χ0n) is 18.4. The zero-order valence-corrected chi connectivity index (χ0v) is 22.2. The summed E-state index contributed by atoms with van der Waals surface area (Å²) in [6.07, 6.45) is -0.0240. The van der Waals surface area contributed by atoms with Gasteiger partial charge in [-0.1, -0.05) is 70.1 Å². The number of para-hydroxylation sites is 1. The van der Waals surface area contributed by atoms with E-state index in [9.17, 15) is 19.2 Å². The fraction of sp³-hybridized carbons (Fsp3) is 0.120. The highest BCUT2D eigenvalue weighted by atomic mass is 35.5. The van der Waals surface area contributed by atoms with Gasteiger partial charge in [0.1, 0.15) is 5.75 Å². The smallest absolute Gasteiger partial charge is 0.316 e. The average molecular weight is 599 g/mol. The molecule has 0 unspecified atom stereocenters. The molecule has 7 nitrogen and oxygen atoms in total. The van der Waals surface area contributed by atoms with Crippen molar-refractivity contribution in [2.24, 2.45) is 5.92 Å². The number of carbonyl (C=O) groups is 4. The normalized spacial score (nSPS) is 17.0. The van der Waals surface area contributed by atoms with Gasteiger partial charge in [0.15, 0.2) is 0 Å². The predicted molar refractivity (Wildman–Crippen MR) is 142 cm³/mol. The van der Waals surface area contributed by atoms with Gasteiger partial charge in [-0.15, -0.1) is 0 Å². The number of benzene rings is 3. The van der Waals surface area contributed by atoms with Crippen LogP contribution in [-0.2, 0) is 9.59 Å². The van der Waals surface area contributed by atoms with Gasteiger partial charge < -0.3 is 9.64 Å². The molecule has 3 aromatic carbocycles. The van der Waals surface area contributed by atoms with Gasteiger partial charge in [-0.05, 0) is 36.4 Å². The molecule has 2 aliphatic rings. The Bertz CT molecular complexity index is 1460. The number of halogens is 5. The van der Waals surface area contributed by atoms with E-state index in [4.69, 9.17) is 62.7 Å². The van der Waals surface area contributed by atoms with Crippen LogP contribution in [0.2, 0.25) is 25.1 Å². The van der Waals surface area contributed by atoms with Gasteiger partial charge in [0.05, 0.1) is 53.5 Å². The van der Waals surface area contributed by atoms with Gasteiger partial charge in [-0.3, -0.25) is 19.2 Å². The Morgan fingerprint density at radius 1 is 0.784 bits per heavy atom. The first kappa shape index (κ1) is 25.8. The number of anilines is 2. The largest absolute Gasteiger partial charge is 0.426 e. The van der Waals surface area contributed by atoms with E-state index in [1.165, 1.54) is 29.2 Å². The molecule has 3 aromatic rings. The first-order chi connectivity index (χ1) is 17.6. The quantitative estimate of drug-likeness (QED) is 0.110. The van der Waals surface area contributed by atoms with E-state index < -0.39 is 23.7 Å². The Morgan fingerprint density at radius 3 is 1.92 bits per heavy atom. The molecule has 0 radical (unpaired) electrons. The van der Waals surface area contributed by atoms with Crippen LogP contribution < -0.4 is 14.5 Å². The SMILES string of the molecule is O=C(Oc1ccc(N2C(=O)c3c(Cl)c(Cl)c(Cl)c(Cl)c3C2=O)cc1)[C@H]1CC(=O)N(c2ccccc2Cl)C1. The molecule has 37 heavy (non-hydrogen) atoms. The Hall–Kier alpha value is -2.81. The summed E-state index contributed by atoms with van der Waals surface area (Å²) in [7, 11) is 0. The lowest BCUT2D eigenvalue weighted by atomic mass is 10.1. The van der Waals surface area contributed by atoms with E-state index in [0.29, 0.717) is 10.7 Å². The van der Waals surface area contributed by atoms with Gasteiger partial charge in [-0.25, -0.2) is 4.90 Å². The number of nitrogens with zero attached hydrogens (tertiary/aromatic N) is 2. The van der Waals surface area contributed by atoms with Crippen LogP contribution in [0.4, 0.5) is 11.4 Å².